The summed E-state index contributed by atoms with van der Waals surface area (Å²) in [5.41, 5.74) is 7.39. The number of likely N-dealkylation sites (tertiary alicyclic amines) is 1. The van der Waals surface area contributed by atoms with Crippen LogP contribution in [-0.2, 0) is 35.5 Å². The van der Waals surface area contributed by atoms with Crippen LogP contribution in [0.15, 0.2) is 96.6 Å². The molecule has 16 heteroatoms. The van der Waals surface area contributed by atoms with Crippen molar-refractivity contribution in [1.82, 2.24) is 29.7 Å². The van der Waals surface area contributed by atoms with Gasteiger partial charge in [0.1, 0.15) is 24.8 Å². The van der Waals surface area contributed by atoms with Crippen LogP contribution in [0.2, 0.25) is 10.0 Å². The highest BCUT2D eigenvalue weighted by atomic mass is 35.5. The number of fused-ring (bicyclic) bond motifs is 6. The Balaban J connectivity index is 0.699. The number of hydrogen-bond acceptors (Lipinski definition) is 14. The predicted octanol–water partition coefficient (Wildman–Crippen LogP) is 11.0. The number of hydrogen-bond donors (Lipinski definition) is 0. The maximum absolute atomic E-state index is 14.5. The van der Waals surface area contributed by atoms with E-state index in [0.29, 0.717) is 63.2 Å². The molecule has 1 saturated carbocycles. The lowest BCUT2D eigenvalue weighted by atomic mass is 9.87. The van der Waals surface area contributed by atoms with Gasteiger partial charge in [0.2, 0.25) is 0 Å². The smallest absolute Gasteiger partial charge is 0.318 e. The Morgan fingerprint density at radius 2 is 1.42 bits per heavy atom. The van der Waals surface area contributed by atoms with Gasteiger partial charge in [-0.05, 0) is 150 Å². The summed E-state index contributed by atoms with van der Waals surface area (Å²) in [6.45, 7) is 13.0. The number of allylic oxidation sites excluding steroid dienone is 3. The SMILES string of the molecule is C/C=C/C(=O)CCN(C)c1nc(OCC23CCCN2CC(C(C)=CC(=O)C2C4CCN(c5nc(OC[C@@H]6CCCN6C)nc6c5CCN(c5cccc7cccc(Cl)c57)C6)CC42)C3)nc2c1CCN(c1cccc3cccc(Cl)c13)C2. The van der Waals surface area contributed by atoms with Crippen molar-refractivity contribution in [1.29, 1.82) is 0 Å². The maximum atomic E-state index is 14.5. The number of likely N-dealkylation sites (N-methyl/N-ethyl adjacent to an activating group) is 1. The number of anilines is 4. The number of carbonyl (C=O) groups is 2. The molecule has 6 aliphatic heterocycles. The summed E-state index contributed by atoms with van der Waals surface area (Å²) < 4.78 is 13.3. The van der Waals surface area contributed by atoms with Gasteiger partial charge in [-0.1, -0.05) is 83.4 Å². The molecule has 0 N–H and O–H groups in total. The molecule has 0 spiro atoms. The summed E-state index contributed by atoms with van der Waals surface area (Å²) >= 11 is 13.7. The van der Waals surface area contributed by atoms with Crippen LogP contribution in [0.1, 0.15) is 81.3 Å². The molecule has 422 valence electrons. The second-order valence-corrected chi connectivity index (χ2v) is 25.0. The molecular formula is C65H74Cl2N10O4. The largest absolute Gasteiger partial charge is 0.462 e. The van der Waals surface area contributed by atoms with Crippen LogP contribution in [0.4, 0.5) is 23.0 Å². The van der Waals surface area contributed by atoms with Gasteiger partial charge in [-0.15, -0.1) is 0 Å². The molecule has 1 aliphatic carbocycles. The first-order valence-electron chi connectivity index (χ1n) is 29.6. The van der Waals surface area contributed by atoms with Crippen LogP contribution in [0.3, 0.4) is 0 Å². The normalized spacial score (nSPS) is 24.6. The quantitative estimate of drug-likeness (QED) is 0.0805. The third kappa shape index (κ3) is 10.5. The molecule has 81 heavy (non-hydrogen) atoms. The van der Waals surface area contributed by atoms with Gasteiger partial charge in [-0.25, -0.2) is 0 Å². The van der Waals surface area contributed by atoms with Crippen LogP contribution < -0.4 is 29.1 Å². The predicted molar refractivity (Wildman–Crippen MR) is 324 cm³/mol. The lowest BCUT2D eigenvalue weighted by molar-refractivity contribution is -0.116. The first-order chi connectivity index (χ1) is 39.4. The van der Waals surface area contributed by atoms with Gasteiger partial charge in [-0.2, -0.15) is 19.9 Å². The molecule has 8 heterocycles. The van der Waals surface area contributed by atoms with E-state index in [1.807, 2.05) is 44.3 Å². The van der Waals surface area contributed by atoms with E-state index in [0.717, 1.165) is 162 Å². The number of rotatable bonds is 17. The summed E-state index contributed by atoms with van der Waals surface area (Å²) in [5.74, 6) is 3.08. The Morgan fingerprint density at radius 1 is 0.753 bits per heavy atom. The molecule has 7 aliphatic rings. The van der Waals surface area contributed by atoms with E-state index in [-0.39, 0.29) is 34.9 Å². The molecule has 13 rings (SSSR count). The van der Waals surface area contributed by atoms with Crippen molar-refractivity contribution in [2.45, 2.75) is 96.3 Å². The third-order valence-corrected chi connectivity index (χ3v) is 19.9. The molecule has 2 aromatic heterocycles. The number of ether oxygens (including phenoxy) is 2. The first kappa shape index (κ1) is 54.0. The number of piperidine rings is 1. The molecule has 0 amide bonds. The van der Waals surface area contributed by atoms with Crippen molar-refractivity contribution in [2.24, 2.45) is 23.7 Å². The number of halogens is 2. The minimum atomic E-state index is -0.182. The topological polar surface area (TPSA) is 124 Å². The monoisotopic (exact) mass is 1130 g/mol. The number of ketones is 2. The zero-order chi connectivity index (χ0) is 55.5. The van der Waals surface area contributed by atoms with Gasteiger partial charge >= 0.3 is 12.0 Å². The Hall–Kier alpha value is -6.32. The van der Waals surface area contributed by atoms with Gasteiger partial charge in [-0.3, -0.25) is 14.5 Å². The fourth-order valence-electron chi connectivity index (χ4n) is 14.8. The van der Waals surface area contributed by atoms with Crippen molar-refractivity contribution in [2.75, 3.05) is 99.3 Å². The van der Waals surface area contributed by atoms with Gasteiger partial charge in [0, 0.05) is 98.0 Å². The van der Waals surface area contributed by atoms with E-state index in [9.17, 15) is 9.59 Å². The van der Waals surface area contributed by atoms with Crippen LogP contribution in [0.25, 0.3) is 21.5 Å². The minimum absolute atomic E-state index is 0.0181. The lowest BCUT2D eigenvalue weighted by Crippen LogP contribution is -2.43. The van der Waals surface area contributed by atoms with Crippen molar-refractivity contribution < 1.29 is 19.1 Å². The fourth-order valence-corrected chi connectivity index (χ4v) is 15.4. The highest BCUT2D eigenvalue weighted by Gasteiger charge is 2.56. The van der Waals surface area contributed by atoms with Crippen molar-refractivity contribution >= 4 is 79.3 Å². The Bertz CT molecular complexity index is 3470. The van der Waals surface area contributed by atoms with Crippen molar-refractivity contribution in [3.05, 3.63) is 129 Å². The molecule has 14 nitrogen and oxygen atoms in total. The van der Waals surface area contributed by atoms with Gasteiger partial charge in [0.15, 0.2) is 11.6 Å². The molecule has 5 unspecified atom stereocenters. The average molecular weight is 1130 g/mol. The Labute approximate surface area is 486 Å². The lowest BCUT2D eigenvalue weighted by Gasteiger charge is -2.35. The van der Waals surface area contributed by atoms with E-state index in [1.165, 1.54) is 17.6 Å². The molecule has 4 saturated heterocycles. The highest BCUT2D eigenvalue weighted by Crippen LogP contribution is 2.54. The molecule has 6 atom stereocenters. The Kier molecular flexibility index (Phi) is 15.0. The van der Waals surface area contributed by atoms with E-state index >= 15 is 0 Å². The second-order valence-electron chi connectivity index (χ2n) is 24.2. The van der Waals surface area contributed by atoms with E-state index in [2.05, 4.69) is 91.9 Å². The highest BCUT2D eigenvalue weighted by molar-refractivity contribution is 6.37. The minimum Gasteiger partial charge on any atom is -0.462 e. The van der Waals surface area contributed by atoms with Gasteiger partial charge in [0.05, 0.1) is 40.1 Å². The summed E-state index contributed by atoms with van der Waals surface area (Å²) in [6, 6.07) is 26.0. The van der Waals surface area contributed by atoms with Crippen molar-refractivity contribution in [3.63, 3.8) is 0 Å². The number of aromatic nitrogens is 4. The summed E-state index contributed by atoms with van der Waals surface area (Å²) in [4.78, 5) is 62.1. The van der Waals surface area contributed by atoms with Crippen LogP contribution >= 0.6 is 23.2 Å². The molecule has 4 aromatic carbocycles. The summed E-state index contributed by atoms with van der Waals surface area (Å²) in [7, 11) is 4.19. The second kappa shape index (κ2) is 22.4. The molecule has 0 radical (unpaired) electrons. The zero-order valence-corrected chi connectivity index (χ0v) is 48.8. The van der Waals surface area contributed by atoms with E-state index in [1.54, 1.807) is 12.2 Å². The van der Waals surface area contributed by atoms with Crippen molar-refractivity contribution in [3.8, 4) is 12.0 Å². The van der Waals surface area contributed by atoms with Crippen LogP contribution in [0, 0.1) is 23.7 Å². The molecular weight excluding hydrogens is 1060 g/mol. The first-order valence-corrected chi connectivity index (χ1v) is 30.4. The summed E-state index contributed by atoms with van der Waals surface area (Å²) in [6.07, 6.45) is 13.6. The number of carbonyl (C=O) groups excluding carboxylic acids is 2. The molecule has 5 fully saturated rings. The number of nitrogens with zero attached hydrogens (tertiary/aromatic N) is 10. The molecule has 0 bridgehead atoms. The van der Waals surface area contributed by atoms with E-state index < -0.39 is 0 Å². The van der Waals surface area contributed by atoms with E-state index in [4.69, 9.17) is 52.6 Å². The molecule has 6 aromatic rings. The van der Waals surface area contributed by atoms with Crippen LogP contribution in [-0.4, -0.2) is 133 Å². The van der Waals surface area contributed by atoms with Crippen LogP contribution in [0.5, 0.6) is 12.0 Å². The maximum Gasteiger partial charge on any atom is 0.318 e. The standard InChI is InChI=1S/C65H74Cl2N10O4/c1-5-12-46(78)22-29-73(4)61-48-24-30-74(55-20-8-15-42-13-6-18-51(66)58(42)55)37-53(48)69-64(70-61)81-40-65-26-11-28-77(65)35-44(34-65)41(2)33-57(79)60-47-23-32-76(36-50(47)60)62-49-25-31-75(56-21-9-16-43-14-7-19-52(67)59(43)56)38-54(49)68-63(71-62)80-39-45-17-10-27-72(45)3/h5-9,12-16,18-21,33,44-45,47,50,60H,10-11,17,22-32,34-40H2,1-4H3/b12-5+,41-33?/t44?,45-,47?,50?,60?,65?/m0/s1. The third-order valence-electron chi connectivity index (χ3n) is 19.3. The fraction of sp³-hybridized carbons (Fsp3) is 0.477. The Morgan fingerprint density at radius 3 is 2.10 bits per heavy atom. The zero-order valence-electron chi connectivity index (χ0n) is 47.3. The van der Waals surface area contributed by atoms with Gasteiger partial charge in [0.25, 0.3) is 0 Å². The number of benzene rings is 4. The van der Waals surface area contributed by atoms with Gasteiger partial charge < -0.3 is 34.0 Å². The summed E-state index contributed by atoms with van der Waals surface area (Å²) in [5, 5.41) is 5.81. The average Bonchev–Trinajstić information content (AvgIpc) is 3.88.